The van der Waals surface area contributed by atoms with Gasteiger partial charge in [-0.25, -0.2) is 0 Å². The van der Waals surface area contributed by atoms with Gasteiger partial charge in [0.05, 0.1) is 0 Å². The highest BCUT2D eigenvalue weighted by molar-refractivity contribution is 5.59. The molecule has 0 spiro atoms. The Kier molecular flexibility index (Phi) is 3.17. The number of nitrogen functional groups attached to an aromatic ring is 1. The van der Waals surface area contributed by atoms with Gasteiger partial charge in [0.1, 0.15) is 0 Å². The molecule has 1 unspecified atom stereocenters. The summed E-state index contributed by atoms with van der Waals surface area (Å²) < 4.78 is 0. The molecule has 0 saturated heterocycles. The Morgan fingerprint density at radius 2 is 1.67 bits per heavy atom. The Hall–Kier alpha value is -1.83. The first-order valence-electron chi connectivity index (χ1n) is 8.17. The minimum absolute atomic E-state index is 0.601. The molecule has 108 valence electrons. The fourth-order valence-electron chi connectivity index (χ4n) is 3.97. The Morgan fingerprint density at radius 3 is 2.52 bits per heavy atom. The molecule has 2 N–H and O–H groups in total. The molecule has 2 aliphatic rings. The maximum atomic E-state index is 6.53. The number of nitrogens with two attached hydrogens (primary N) is 1. The number of pyridine rings is 1. The molecule has 0 fully saturated rings. The number of hydrogen-bond donors (Lipinski definition) is 1. The summed E-state index contributed by atoms with van der Waals surface area (Å²) in [6, 6.07) is 10.9. The van der Waals surface area contributed by atoms with Crippen LogP contribution in [0.3, 0.4) is 0 Å². The van der Waals surface area contributed by atoms with Crippen molar-refractivity contribution in [2.24, 2.45) is 0 Å². The van der Waals surface area contributed by atoms with E-state index in [2.05, 4.69) is 30.3 Å². The van der Waals surface area contributed by atoms with Crippen LogP contribution in [0.5, 0.6) is 0 Å². The Bertz CT molecular complexity index is 661. The van der Waals surface area contributed by atoms with Crippen molar-refractivity contribution in [1.82, 2.24) is 4.98 Å². The van der Waals surface area contributed by atoms with Gasteiger partial charge in [0.25, 0.3) is 0 Å². The molecule has 2 nitrogen and oxygen atoms in total. The largest absolute Gasteiger partial charge is 0.398 e. The van der Waals surface area contributed by atoms with Crippen LogP contribution in [-0.4, -0.2) is 4.98 Å². The van der Waals surface area contributed by atoms with E-state index in [9.17, 15) is 0 Å². The number of anilines is 1. The van der Waals surface area contributed by atoms with Crippen LogP contribution in [0.2, 0.25) is 0 Å². The Labute approximate surface area is 126 Å². The van der Waals surface area contributed by atoms with Gasteiger partial charge in [0, 0.05) is 17.1 Å². The second kappa shape index (κ2) is 5.18. The average Bonchev–Trinajstić information content (AvgIpc) is 2.56. The monoisotopic (exact) mass is 278 g/mol. The first-order valence-corrected chi connectivity index (χ1v) is 8.17. The lowest BCUT2D eigenvalue weighted by Gasteiger charge is -2.29. The van der Waals surface area contributed by atoms with E-state index in [-0.39, 0.29) is 0 Å². The number of hydrogen-bond acceptors (Lipinski definition) is 2. The number of nitrogens with zero attached hydrogens (tertiary/aromatic N) is 1. The molecule has 1 atom stereocenters. The normalized spacial score (nSPS) is 20.7. The van der Waals surface area contributed by atoms with E-state index in [1.54, 1.807) is 0 Å². The molecule has 2 aliphatic carbocycles. The summed E-state index contributed by atoms with van der Waals surface area (Å²) in [6.07, 6.45) is 8.11. The van der Waals surface area contributed by atoms with Gasteiger partial charge < -0.3 is 5.73 Å². The van der Waals surface area contributed by atoms with E-state index in [1.807, 2.05) is 0 Å². The zero-order valence-corrected chi connectivity index (χ0v) is 12.4. The Balaban J connectivity index is 1.72. The van der Waals surface area contributed by atoms with Crippen molar-refractivity contribution in [3.8, 4) is 0 Å². The van der Waals surface area contributed by atoms with E-state index >= 15 is 0 Å². The van der Waals surface area contributed by atoms with Crippen LogP contribution in [-0.2, 0) is 25.7 Å². The van der Waals surface area contributed by atoms with Crippen molar-refractivity contribution in [3.05, 3.63) is 58.4 Å². The van der Waals surface area contributed by atoms with Gasteiger partial charge in [-0.1, -0.05) is 30.3 Å². The summed E-state index contributed by atoms with van der Waals surface area (Å²) >= 11 is 0. The maximum absolute atomic E-state index is 6.53. The molecule has 0 saturated carbocycles. The van der Waals surface area contributed by atoms with Crippen LogP contribution >= 0.6 is 0 Å². The number of aromatic nitrogens is 1. The second-order valence-corrected chi connectivity index (χ2v) is 6.43. The van der Waals surface area contributed by atoms with Gasteiger partial charge in [0.15, 0.2) is 0 Å². The first kappa shape index (κ1) is 12.9. The SMILES string of the molecule is Nc1c2c(nc3c1CC(c1ccccc1)CC3)CCCC2. The third-order valence-electron chi connectivity index (χ3n) is 5.16. The van der Waals surface area contributed by atoms with E-state index in [0.29, 0.717) is 5.92 Å². The summed E-state index contributed by atoms with van der Waals surface area (Å²) in [5.41, 5.74) is 14.3. The molecular formula is C19H22N2. The van der Waals surface area contributed by atoms with Crippen molar-refractivity contribution in [2.45, 2.75) is 50.9 Å². The van der Waals surface area contributed by atoms with Gasteiger partial charge in [-0.2, -0.15) is 0 Å². The van der Waals surface area contributed by atoms with Crippen molar-refractivity contribution in [2.75, 3.05) is 5.73 Å². The van der Waals surface area contributed by atoms with Crippen molar-refractivity contribution >= 4 is 5.69 Å². The Morgan fingerprint density at radius 1 is 0.905 bits per heavy atom. The molecule has 0 radical (unpaired) electrons. The third-order valence-corrected chi connectivity index (χ3v) is 5.16. The number of aryl methyl sites for hydroxylation is 2. The highest BCUT2D eigenvalue weighted by atomic mass is 14.8. The van der Waals surface area contributed by atoms with Crippen LogP contribution < -0.4 is 5.73 Å². The van der Waals surface area contributed by atoms with Gasteiger partial charge in [0.2, 0.25) is 0 Å². The van der Waals surface area contributed by atoms with E-state index in [4.69, 9.17) is 10.7 Å². The van der Waals surface area contributed by atoms with Crippen molar-refractivity contribution in [3.63, 3.8) is 0 Å². The lowest BCUT2D eigenvalue weighted by molar-refractivity contribution is 0.566. The van der Waals surface area contributed by atoms with Crippen LogP contribution in [0.4, 0.5) is 5.69 Å². The lowest BCUT2D eigenvalue weighted by atomic mass is 9.79. The number of rotatable bonds is 1. The zero-order chi connectivity index (χ0) is 14.2. The summed E-state index contributed by atoms with van der Waals surface area (Å²) in [7, 11) is 0. The minimum atomic E-state index is 0.601. The first-order chi connectivity index (χ1) is 10.3. The van der Waals surface area contributed by atoms with Crippen LogP contribution in [0, 0.1) is 0 Å². The highest BCUT2D eigenvalue weighted by Crippen LogP contribution is 2.38. The summed E-state index contributed by atoms with van der Waals surface area (Å²) in [4.78, 5) is 4.96. The smallest absolute Gasteiger partial charge is 0.0460 e. The predicted molar refractivity (Wildman–Crippen MR) is 86.5 cm³/mol. The summed E-state index contributed by atoms with van der Waals surface area (Å²) in [6.45, 7) is 0. The van der Waals surface area contributed by atoms with Crippen LogP contribution in [0.15, 0.2) is 30.3 Å². The highest BCUT2D eigenvalue weighted by Gasteiger charge is 2.26. The molecule has 1 aromatic heterocycles. The maximum Gasteiger partial charge on any atom is 0.0460 e. The molecule has 1 aromatic carbocycles. The molecule has 2 heteroatoms. The van der Waals surface area contributed by atoms with Gasteiger partial charge in [-0.3, -0.25) is 4.98 Å². The minimum Gasteiger partial charge on any atom is -0.398 e. The van der Waals surface area contributed by atoms with Gasteiger partial charge >= 0.3 is 0 Å². The van der Waals surface area contributed by atoms with Gasteiger partial charge in [-0.15, -0.1) is 0 Å². The van der Waals surface area contributed by atoms with Crippen molar-refractivity contribution < 1.29 is 0 Å². The third kappa shape index (κ3) is 2.23. The molecule has 0 aliphatic heterocycles. The second-order valence-electron chi connectivity index (χ2n) is 6.43. The molecular weight excluding hydrogens is 256 g/mol. The standard InChI is InChI=1S/C19H22N2/c20-19-15-8-4-5-9-17(15)21-18-11-10-14(12-16(18)19)13-6-2-1-3-7-13/h1-3,6-7,14H,4-5,8-12H2,(H2,20,21). The van der Waals surface area contributed by atoms with Crippen LogP contribution in [0.25, 0.3) is 0 Å². The molecule has 1 heterocycles. The van der Waals surface area contributed by atoms with E-state index in [1.165, 1.54) is 47.3 Å². The average molecular weight is 278 g/mol. The summed E-state index contributed by atoms with van der Waals surface area (Å²) in [5.74, 6) is 0.601. The topological polar surface area (TPSA) is 38.9 Å². The molecule has 0 amide bonds. The quantitative estimate of drug-likeness (QED) is 0.861. The summed E-state index contributed by atoms with van der Waals surface area (Å²) in [5, 5.41) is 0. The van der Waals surface area contributed by atoms with E-state index in [0.717, 1.165) is 31.4 Å². The molecule has 2 aromatic rings. The molecule has 4 rings (SSSR count). The fraction of sp³-hybridized carbons (Fsp3) is 0.421. The number of fused-ring (bicyclic) bond motifs is 2. The molecule has 21 heavy (non-hydrogen) atoms. The fourth-order valence-corrected chi connectivity index (χ4v) is 3.97. The van der Waals surface area contributed by atoms with E-state index < -0.39 is 0 Å². The van der Waals surface area contributed by atoms with Crippen LogP contribution in [0.1, 0.15) is 53.3 Å². The number of benzene rings is 1. The lowest BCUT2D eigenvalue weighted by Crippen LogP contribution is -2.20. The van der Waals surface area contributed by atoms with Gasteiger partial charge in [-0.05, 0) is 67.6 Å². The predicted octanol–water partition coefficient (Wildman–Crippen LogP) is 3.82. The molecule has 0 bridgehead atoms. The van der Waals surface area contributed by atoms with Crippen molar-refractivity contribution in [1.29, 1.82) is 0 Å². The zero-order valence-electron chi connectivity index (χ0n) is 12.4.